The minimum Gasteiger partial charge on any atom is -0.272 e. The molecular weight excluding hydrogens is 316 g/mol. The third-order valence-electron chi connectivity index (χ3n) is 4.63. The van der Waals surface area contributed by atoms with Crippen LogP contribution in [0, 0.1) is 12.3 Å². The number of nitrogens with zero attached hydrogens (tertiary/aromatic N) is 4. The Balaban J connectivity index is 1.74. The molecule has 0 aromatic carbocycles. The summed E-state index contributed by atoms with van der Waals surface area (Å²) in [6.07, 6.45) is 5.77. The van der Waals surface area contributed by atoms with E-state index in [-0.39, 0.29) is 17.2 Å². The number of aryl methyl sites for hydroxylation is 2. The molecule has 2 aliphatic rings. The summed E-state index contributed by atoms with van der Waals surface area (Å²) in [5, 5.41) is 7.86. The zero-order valence-electron chi connectivity index (χ0n) is 13.7. The number of hydrogen-bond donors (Lipinski definition) is 0. The average Bonchev–Trinajstić information content (AvgIpc) is 2.99. The first-order valence-corrected chi connectivity index (χ1v) is 8.22. The van der Waals surface area contributed by atoms with Crippen LogP contribution in [0.3, 0.4) is 0 Å². The number of hydrogen-bond acceptors (Lipinski definition) is 3. The van der Waals surface area contributed by atoms with Crippen LogP contribution in [0.1, 0.15) is 37.4 Å². The SMILES string of the molecule is Cc1nn(C)c(Cl)c1C=CC(=O)N1CCCN1C(=O)C1(C)CC1. The number of rotatable bonds is 3. The van der Waals surface area contributed by atoms with Gasteiger partial charge in [-0.25, -0.2) is 5.01 Å². The van der Waals surface area contributed by atoms with E-state index in [1.807, 2.05) is 13.8 Å². The van der Waals surface area contributed by atoms with Gasteiger partial charge in [0.1, 0.15) is 5.15 Å². The highest BCUT2D eigenvalue weighted by Gasteiger charge is 2.49. The molecule has 0 radical (unpaired) electrons. The minimum atomic E-state index is -0.268. The lowest BCUT2D eigenvalue weighted by atomic mass is 10.1. The van der Waals surface area contributed by atoms with Crippen LogP contribution in [0.2, 0.25) is 5.15 Å². The van der Waals surface area contributed by atoms with Gasteiger partial charge in [0, 0.05) is 37.2 Å². The molecule has 2 fully saturated rings. The molecule has 2 amide bonds. The fraction of sp³-hybridized carbons (Fsp3) is 0.562. The van der Waals surface area contributed by atoms with Crippen LogP contribution < -0.4 is 0 Å². The van der Waals surface area contributed by atoms with E-state index in [0.29, 0.717) is 18.2 Å². The quantitative estimate of drug-likeness (QED) is 0.795. The van der Waals surface area contributed by atoms with Crippen molar-refractivity contribution in [3.05, 3.63) is 22.5 Å². The van der Waals surface area contributed by atoms with Gasteiger partial charge < -0.3 is 0 Å². The molecule has 1 aromatic heterocycles. The van der Waals surface area contributed by atoms with Crippen molar-refractivity contribution in [3.63, 3.8) is 0 Å². The fourth-order valence-corrected chi connectivity index (χ4v) is 3.08. The smallest absolute Gasteiger partial charge is 0.265 e. The van der Waals surface area contributed by atoms with E-state index in [1.54, 1.807) is 27.8 Å². The van der Waals surface area contributed by atoms with Crippen LogP contribution in [0.5, 0.6) is 0 Å². The molecule has 1 aliphatic heterocycles. The topological polar surface area (TPSA) is 58.4 Å². The molecular formula is C16H21ClN4O2. The van der Waals surface area contributed by atoms with Gasteiger partial charge in [-0.15, -0.1) is 0 Å². The molecule has 0 N–H and O–H groups in total. The molecule has 0 atom stereocenters. The third kappa shape index (κ3) is 2.87. The van der Waals surface area contributed by atoms with Crippen molar-refractivity contribution in [2.75, 3.05) is 13.1 Å². The largest absolute Gasteiger partial charge is 0.272 e. The van der Waals surface area contributed by atoms with Gasteiger partial charge >= 0.3 is 0 Å². The van der Waals surface area contributed by atoms with Crippen molar-refractivity contribution in [3.8, 4) is 0 Å². The molecule has 0 bridgehead atoms. The van der Waals surface area contributed by atoms with Crippen molar-refractivity contribution in [1.29, 1.82) is 0 Å². The average molecular weight is 337 g/mol. The maximum Gasteiger partial charge on any atom is 0.265 e. The number of carbonyl (C=O) groups is 2. The molecule has 1 saturated carbocycles. The van der Waals surface area contributed by atoms with E-state index in [2.05, 4.69) is 5.10 Å². The highest BCUT2D eigenvalue weighted by atomic mass is 35.5. The molecule has 0 spiro atoms. The lowest BCUT2D eigenvalue weighted by Gasteiger charge is -2.29. The summed E-state index contributed by atoms with van der Waals surface area (Å²) >= 11 is 6.16. The molecule has 1 aromatic rings. The maximum atomic E-state index is 12.5. The Morgan fingerprint density at radius 2 is 1.91 bits per heavy atom. The second-order valence-corrected chi connectivity index (χ2v) is 6.91. The van der Waals surface area contributed by atoms with E-state index >= 15 is 0 Å². The Morgan fingerprint density at radius 1 is 1.26 bits per heavy atom. The predicted octanol–water partition coefficient (Wildman–Crippen LogP) is 2.17. The number of carbonyl (C=O) groups excluding carboxylic acids is 2. The van der Waals surface area contributed by atoms with E-state index < -0.39 is 0 Å². The van der Waals surface area contributed by atoms with Crippen molar-refractivity contribution in [2.45, 2.75) is 33.1 Å². The first-order valence-electron chi connectivity index (χ1n) is 7.84. The number of amides is 2. The van der Waals surface area contributed by atoms with Crippen LogP contribution in [0.15, 0.2) is 6.08 Å². The van der Waals surface area contributed by atoms with Crippen molar-refractivity contribution < 1.29 is 9.59 Å². The van der Waals surface area contributed by atoms with Gasteiger partial charge in [-0.3, -0.25) is 19.3 Å². The van der Waals surface area contributed by atoms with E-state index in [1.165, 1.54) is 6.08 Å². The van der Waals surface area contributed by atoms with E-state index in [9.17, 15) is 9.59 Å². The second-order valence-electron chi connectivity index (χ2n) is 6.55. The van der Waals surface area contributed by atoms with Gasteiger partial charge in [-0.05, 0) is 32.3 Å². The van der Waals surface area contributed by atoms with E-state index in [4.69, 9.17) is 11.6 Å². The van der Waals surface area contributed by atoms with Gasteiger partial charge in [0.05, 0.1) is 5.69 Å². The first-order chi connectivity index (χ1) is 10.8. The van der Waals surface area contributed by atoms with Gasteiger partial charge in [0.2, 0.25) is 5.91 Å². The monoisotopic (exact) mass is 336 g/mol. The van der Waals surface area contributed by atoms with E-state index in [0.717, 1.165) is 30.5 Å². The summed E-state index contributed by atoms with van der Waals surface area (Å²) < 4.78 is 1.57. The predicted molar refractivity (Wildman–Crippen MR) is 87.4 cm³/mol. The minimum absolute atomic E-state index is 0.0624. The van der Waals surface area contributed by atoms with Crippen molar-refractivity contribution in [1.82, 2.24) is 19.8 Å². The number of halogens is 1. The molecule has 3 rings (SSSR count). The van der Waals surface area contributed by atoms with Gasteiger partial charge in [0.15, 0.2) is 0 Å². The summed E-state index contributed by atoms with van der Waals surface area (Å²) in [4.78, 5) is 25.0. The molecule has 0 unspecified atom stereocenters. The Morgan fingerprint density at radius 3 is 2.48 bits per heavy atom. The summed E-state index contributed by atoms with van der Waals surface area (Å²) in [7, 11) is 1.76. The number of hydrazine groups is 1. The second kappa shape index (κ2) is 5.67. The molecule has 23 heavy (non-hydrogen) atoms. The molecule has 124 valence electrons. The van der Waals surface area contributed by atoms with Crippen LogP contribution in [0.4, 0.5) is 0 Å². The van der Waals surface area contributed by atoms with Gasteiger partial charge in [-0.2, -0.15) is 5.10 Å². The lowest BCUT2D eigenvalue weighted by Crippen LogP contribution is -2.46. The highest BCUT2D eigenvalue weighted by molar-refractivity contribution is 6.31. The highest BCUT2D eigenvalue weighted by Crippen LogP contribution is 2.47. The zero-order valence-corrected chi connectivity index (χ0v) is 14.4. The summed E-state index contributed by atoms with van der Waals surface area (Å²) in [6, 6.07) is 0. The fourth-order valence-electron chi connectivity index (χ4n) is 2.84. The Kier molecular flexibility index (Phi) is 3.96. The van der Waals surface area contributed by atoms with Gasteiger partial charge in [-0.1, -0.05) is 18.5 Å². The van der Waals surface area contributed by atoms with Gasteiger partial charge in [0.25, 0.3) is 5.91 Å². The zero-order chi connectivity index (χ0) is 16.8. The van der Waals surface area contributed by atoms with Crippen molar-refractivity contribution >= 4 is 29.5 Å². The standard InChI is InChI=1S/C16H21ClN4O2/c1-11-12(14(17)19(3)18-11)5-6-13(22)20-9-4-10-21(20)15(23)16(2)7-8-16/h5-6H,4,7-10H2,1-3H3. The molecule has 2 heterocycles. The van der Waals surface area contributed by atoms with Crippen LogP contribution in [0.25, 0.3) is 6.08 Å². The third-order valence-corrected chi connectivity index (χ3v) is 5.07. The summed E-state index contributed by atoms with van der Waals surface area (Å²) in [5.74, 6) is -0.133. The Bertz CT molecular complexity index is 690. The number of aromatic nitrogens is 2. The van der Waals surface area contributed by atoms with Crippen LogP contribution in [-0.2, 0) is 16.6 Å². The molecule has 1 saturated heterocycles. The Labute approximate surface area is 140 Å². The first kappa shape index (κ1) is 16.1. The normalized spacial score (nSPS) is 19.7. The molecule has 6 nitrogen and oxygen atoms in total. The molecule has 7 heteroatoms. The summed E-state index contributed by atoms with van der Waals surface area (Å²) in [6.45, 7) is 4.99. The maximum absolute atomic E-state index is 12.5. The van der Waals surface area contributed by atoms with Crippen LogP contribution in [-0.4, -0.2) is 44.7 Å². The lowest BCUT2D eigenvalue weighted by molar-refractivity contribution is -0.158. The van der Waals surface area contributed by atoms with Crippen LogP contribution >= 0.6 is 11.6 Å². The van der Waals surface area contributed by atoms with Crippen molar-refractivity contribution in [2.24, 2.45) is 12.5 Å². The summed E-state index contributed by atoms with van der Waals surface area (Å²) in [5.41, 5.74) is 1.23. The molecule has 1 aliphatic carbocycles. The Hall–Kier alpha value is -1.82.